The molecule has 0 heterocycles. The van der Waals surface area contributed by atoms with Crippen LogP contribution in [0.25, 0.3) is 0 Å². The van der Waals surface area contributed by atoms with Gasteiger partial charge in [0.1, 0.15) is 13.2 Å². The Bertz CT molecular complexity index is 1050. The lowest BCUT2D eigenvalue weighted by Crippen LogP contribution is -2.30. The molecule has 0 fully saturated rings. The van der Waals surface area contributed by atoms with E-state index < -0.39 is 6.10 Å². The molecule has 54 heavy (non-hydrogen) atoms. The SMILES string of the molecule is CC/C=C\C/C=C\C/C=C\CCCCCCC(=O)OCC(COC(=O)CCCC/C=C\C/C=C\CC)OC(=O)CCCCC/C=C\CCCCCCCC. The van der Waals surface area contributed by atoms with Gasteiger partial charge in [-0.1, -0.05) is 145 Å². The fraction of sp³-hybridized carbons (Fsp3) is 0.688. The van der Waals surface area contributed by atoms with E-state index in [1.807, 2.05) is 0 Å². The molecule has 0 radical (unpaired) electrons. The Morgan fingerprint density at radius 3 is 1.20 bits per heavy atom. The predicted molar refractivity (Wildman–Crippen MR) is 228 cm³/mol. The maximum absolute atomic E-state index is 12.7. The van der Waals surface area contributed by atoms with Gasteiger partial charge in [0.2, 0.25) is 0 Å². The average Bonchev–Trinajstić information content (AvgIpc) is 3.17. The molecule has 0 saturated heterocycles. The fourth-order valence-corrected chi connectivity index (χ4v) is 5.66. The lowest BCUT2D eigenvalue weighted by Gasteiger charge is -2.18. The molecule has 0 rings (SSSR count). The summed E-state index contributed by atoms with van der Waals surface area (Å²) in [6.07, 6.45) is 51.8. The molecule has 1 atom stereocenters. The average molecular weight is 753 g/mol. The highest BCUT2D eigenvalue weighted by molar-refractivity contribution is 5.71. The van der Waals surface area contributed by atoms with E-state index >= 15 is 0 Å². The fourth-order valence-electron chi connectivity index (χ4n) is 5.66. The maximum atomic E-state index is 12.7. The number of unbranched alkanes of at least 4 members (excludes halogenated alkanes) is 15. The summed E-state index contributed by atoms with van der Waals surface area (Å²) in [6, 6.07) is 0. The van der Waals surface area contributed by atoms with Crippen molar-refractivity contribution in [3.05, 3.63) is 72.9 Å². The lowest BCUT2D eigenvalue weighted by molar-refractivity contribution is -0.167. The van der Waals surface area contributed by atoms with Crippen molar-refractivity contribution < 1.29 is 28.6 Å². The summed E-state index contributed by atoms with van der Waals surface area (Å²) in [5.41, 5.74) is 0. The van der Waals surface area contributed by atoms with Crippen LogP contribution in [0.1, 0.15) is 194 Å². The zero-order valence-corrected chi connectivity index (χ0v) is 35.0. The third kappa shape index (κ3) is 40.0. The van der Waals surface area contributed by atoms with Crippen LogP contribution in [0.2, 0.25) is 0 Å². The van der Waals surface area contributed by atoms with Crippen molar-refractivity contribution >= 4 is 17.9 Å². The molecule has 0 N–H and O–H groups in total. The summed E-state index contributed by atoms with van der Waals surface area (Å²) in [5, 5.41) is 0. The smallest absolute Gasteiger partial charge is 0.306 e. The zero-order valence-electron chi connectivity index (χ0n) is 35.0. The Hall–Kier alpha value is -3.15. The molecular formula is C48H80O6. The van der Waals surface area contributed by atoms with Gasteiger partial charge in [-0.2, -0.15) is 0 Å². The number of rotatable bonds is 38. The van der Waals surface area contributed by atoms with Gasteiger partial charge in [-0.3, -0.25) is 14.4 Å². The Morgan fingerprint density at radius 1 is 0.389 bits per heavy atom. The van der Waals surface area contributed by atoms with Crippen LogP contribution in [0.4, 0.5) is 0 Å². The highest BCUT2D eigenvalue weighted by atomic mass is 16.6. The number of allylic oxidation sites excluding steroid dienone is 12. The van der Waals surface area contributed by atoms with Gasteiger partial charge in [-0.15, -0.1) is 0 Å². The molecule has 0 aliphatic rings. The molecule has 0 aromatic heterocycles. The van der Waals surface area contributed by atoms with Gasteiger partial charge in [-0.05, 0) is 103 Å². The number of hydrogen-bond donors (Lipinski definition) is 0. The van der Waals surface area contributed by atoms with E-state index in [4.69, 9.17) is 14.2 Å². The Labute approximate surface area is 332 Å². The summed E-state index contributed by atoms with van der Waals surface area (Å²) in [7, 11) is 0. The number of carbonyl (C=O) groups is 3. The molecule has 0 aliphatic carbocycles. The lowest BCUT2D eigenvalue weighted by atomic mass is 10.1. The zero-order chi connectivity index (χ0) is 39.4. The molecule has 6 nitrogen and oxygen atoms in total. The van der Waals surface area contributed by atoms with Crippen LogP contribution < -0.4 is 0 Å². The van der Waals surface area contributed by atoms with E-state index in [1.54, 1.807) is 0 Å². The van der Waals surface area contributed by atoms with Gasteiger partial charge >= 0.3 is 17.9 Å². The van der Waals surface area contributed by atoms with E-state index in [1.165, 1.54) is 38.5 Å². The second-order valence-electron chi connectivity index (χ2n) is 14.2. The van der Waals surface area contributed by atoms with Gasteiger partial charge in [-0.25, -0.2) is 0 Å². The molecular weight excluding hydrogens is 673 g/mol. The largest absolute Gasteiger partial charge is 0.462 e. The standard InChI is InChI=1S/C48H80O6/c1-4-7-10-13-16-19-21-23-25-26-29-32-35-38-41-47(50)53-44-45(43-52-46(49)40-37-34-31-28-18-15-12-9-6-3)54-48(51)42-39-36-33-30-27-24-22-20-17-14-11-8-5-2/h7,9-10,12,16,18-19,23-25,27-28,45H,4-6,8,11,13-15,17,20-22,26,29-44H2,1-3H3/b10-7-,12-9-,19-16-,25-23-,27-24-,28-18-. The minimum Gasteiger partial charge on any atom is -0.462 e. The second-order valence-corrected chi connectivity index (χ2v) is 14.2. The second kappa shape index (κ2) is 42.6. The molecule has 0 saturated carbocycles. The maximum Gasteiger partial charge on any atom is 0.306 e. The number of hydrogen-bond acceptors (Lipinski definition) is 6. The van der Waals surface area contributed by atoms with Crippen molar-refractivity contribution in [1.82, 2.24) is 0 Å². The van der Waals surface area contributed by atoms with Crippen molar-refractivity contribution in [2.24, 2.45) is 0 Å². The number of ether oxygens (including phenoxy) is 3. The Kier molecular flexibility index (Phi) is 40.1. The summed E-state index contributed by atoms with van der Waals surface area (Å²) in [6.45, 7) is 6.30. The van der Waals surface area contributed by atoms with Crippen LogP contribution in [0.15, 0.2) is 72.9 Å². The van der Waals surface area contributed by atoms with E-state index in [9.17, 15) is 14.4 Å². The normalized spacial score (nSPS) is 12.7. The molecule has 0 aromatic carbocycles. The quantitative estimate of drug-likeness (QED) is 0.0270. The number of carbonyl (C=O) groups excluding carboxylic acids is 3. The van der Waals surface area contributed by atoms with Gasteiger partial charge < -0.3 is 14.2 Å². The first kappa shape index (κ1) is 50.9. The molecule has 0 aliphatic heterocycles. The first-order valence-electron chi connectivity index (χ1n) is 21.9. The van der Waals surface area contributed by atoms with Crippen molar-refractivity contribution in [3.8, 4) is 0 Å². The van der Waals surface area contributed by atoms with E-state index in [0.717, 1.165) is 116 Å². The molecule has 1 unspecified atom stereocenters. The molecule has 0 spiro atoms. The van der Waals surface area contributed by atoms with Gasteiger partial charge in [0.25, 0.3) is 0 Å². The molecule has 0 bridgehead atoms. The van der Waals surface area contributed by atoms with Crippen LogP contribution in [-0.4, -0.2) is 37.2 Å². The summed E-state index contributed by atoms with van der Waals surface area (Å²) in [4.78, 5) is 37.6. The summed E-state index contributed by atoms with van der Waals surface area (Å²) < 4.78 is 16.6. The van der Waals surface area contributed by atoms with Crippen LogP contribution in [0.3, 0.4) is 0 Å². The minimum atomic E-state index is -0.802. The minimum absolute atomic E-state index is 0.105. The third-order valence-electron chi connectivity index (χ3n) is 8.93. The van der Waals surface area contributed by atoms with E-state index in [-0.39, 0.29) is 31.1 Å². The summed E-state index contributed by atoms with van der Waals surface area (Å²) >= 11 is 0. The van der Waals surface area contributed by atoms with Crippen molar-refractivity contribution in [2.75, 3.05) is 13.2 Å². The molecule has 0 amide bonds. The van der Waals surface area contributed by atoms with Gasteiger partial charge in [0.05, 0.1) is 0 Å². The highest BCUT2D eigenvalue weighted by Crippen LogP contribution is 2.12. The summed E-state index contributed by atoms with van der Waals surface area (Å²) in [5.74, 6) is -0.987. The molecule has 0 aromatic rings. The monoisotopic (exact) mass is 753 g/mol. The van der Waals surface area contributed by atoms with Crippen LogP contribution in [0, 0.1) is 0 Å². The van der Waals surface area contributed by atoms with Crippen molar-refractivity contribution in [2.45, 2.75) is 200 Å². The third-order valence-corrected chi connectivity index (χ3v) is 8.93. The first-order chi connectivity index (χ1) is 26.5. The van der Waals surface area contributed by atoms with Crippen LogP contribution in [0.5, 0.6) is 0 Å². The van der Waals surface area contributed by atoms with Gasteiger partial charge in [0, 0.05) is 19.3 Å². The molecule has 6 heteroatoms. The highest BCUT2D eigenvalue weighted by Gasteiger charge is 2.19. The molecule has 308 valence electrons. The van der Waals surface area contributed by atoms with Gasteiger partial charge in [0.15, 0.2) is 6.10 Å². The van der Waals surface area contributed by atoms with Crippen molar-refractivity contribution in [1.29, 1.82) is 0 Å². The Morgan fingerprint density at radius 2 is 0.722 bits per heavy atom. The van der Waals surface area contributed by atoms with Crippen LogP contribution in [-0.2, 0) is 28.6 Å². The number of esters is 3. The topological polar surface area (TPSA) is 78.9 Å². The van der Waals surface area contributed by atoms with Crippen molar-refractivity contribution in [3.63, 3.8) is 0 Å². The Balaban J connectivity index is 4.46. The van der Waals surface area contributed by atoms with Crippen LogP contribution >= 0.6 is 0 Å². The van der Waals surface area contributed by atoms with E-state index in [0.29, 0.717) is 19.3 Å². The first-order valence-corrected chi connectivity index (χ1v) is 21.9. The predicted octanol–water partition coefficient (Wildman–Crippen LogP) is 13.9. The van der Waals surface area contributed by atoms with E-state index in [2.05, 4.69) is 93.7 Å².